The minimum absolute atomic E-state index is 0.237. The lowest BCUT2D eigenvalue weighted by Gasteiger charge is -2.36. The van der Waals surface area contributed by atoms with Crippen molar-refractivity contribution in [2.75, 3.05) is 36.0 Å². The summed E-state index contributed by atoms with van der Waals surface area (Å²) < 4.78 is 58.8. The van der Waals surface area contributed by atoms with Crippen LogP contribution >= 0.6 is 0 Å². The Balaban J connectivity index is 1.20. The van der Waals surface area contributed by atoms with E-state index in [0.717, 1.165) is 59.1 Å². The fourth-order valence-corrected chi connectivity index (χ4v) is 4.86. The molecule has 1 N–H and O–H groups in total. The lowest BCUT2D eigenvalue weighted by molar-refractivity contribution is -0.248. The number of piperazine rings is 1. The highest BCUT2D eigenvalue weighted by Crippen LogP contribution is 2.44. The Labute approximate surface area is 225 Å². The zero-order valence-corrected chi connectivity index (χ0v) is 21.2. The molecule has 5 aromatic rings. The number of halogens is 4. The summed E-state index contributed by atoms with van der Waals surface area (Å²) in [5.74, 6) is 0.282. The lowest BCUT2D eigenvalue weighted by Crippen LogP contribution is -2.47. The van der Waals surface area contributed by atoms with Crippen molar-refractivity contribution in [1.29, 1.82) is 0 Å². The fourth-order valence-electron chi connectivity index (χ4n) is 4.86. The lowest BCUT2D eigenvalue weighted by atomic mass is 9.87. The van der Waals surface area contributed by atoms with Crippen molar-refractivity contribution in [3.8, 4) is 11.1 Å². The Hall–Kier alpha value is -4.59. The number of hydrogen-bond donors (Lipinski definition) is 1. The summed E-state index contributed by atoms with van der Waals surface area (Å²) in [6.07, 6.45) is 3.94. The second-order valence-electron chi connectivity index (χ2n) is 9.51. The zero-order valence-electron chi connectivity index (χ0n) is 21.2. The summed E-state index contributed by atoms with van der Waals surface area (Å²) >= 11 is 0. The van der Waals surface area contributed by atoms with Crippen LogP contribution in [0, 0.1) is 5.82 Å². The van der Waals surface area contributed by atoms with E-state index in [1.165, 1.54) is 6.33 Å². The summed E-state index contributed by atoms with van der Waals surface area (Å²) in [4.78, 5) is 16.7. The number of aromatic nitrogens is 7. The molecule has 1 aliphatic rings. The first-order valence-electron chi connectivity index (χ1n) is 12.3. The largest absolute Gasteiger partial charge is 0.425 e. The Kier molecular flexibility index (Phi) is 6.13. The number of rotatable bonds is 5. The first-order valence-corrected chi connectivity index (χ1v) is 12.3. The fraction of sp³-hybridized carbons (Fsp3) is 0.269. The Morgan fingerprint density at radius 1 is 0.800 bits per heavy atom. The third-order valence-corrected chi connectivity index (χ3v) is 7.01. The second-order valence-corrected chi connectivity index (χ2v) is 9.51. The van der Waals surface area contributed by atoms with E-state index >= 15 is 0 Å². The molecule has 0 aliphatic carbocycles. The van der Waals surface area contributed by atoms with Gasteiger partial charge < -0.3 is 14.9 Å². The number of aliphatic hydroxyl groups is 1. The SMILES string of the molecule is Cn1cc(-c2cc3c(N4CCN(c5ncc([C@@](O)(c6ccc(F)cc6)C(F)(F)F)cn5)CC4)ncnn3c2)cn1. The van der Waals surface area contributed by atoms with Gasteiger partial charge in [0, 0.05) is 74.7 Å². The van der Waals surface area contributed by atoms with Gasteiger partial charge in [0.05, 0.1) is 6.20 Å². The molecule has 1 atom stereocenters. The molecule has 1 fully saturated rings. The molecule has 1 aromatic carbocycles. The summed E-state index contributed by atoms with van der Waals surface area (Å²) in [6, 6.07) is 5.51. The van der Waals surface area contributed by atoms with Crippen LogP contribution in [0.4, 0.5) is 29.3 Å². The van der Waals surface area contributed by atoms with Crippen LogP contribution in [0.5, 0.6) is 0 Å². The van der Waals surface area contributed by atoms with Crippen LogP contribution < -0.4 is 9.80 Å². The first-order chi connectivity index (χ1) is 19.1. The highest BCUT2D eigenvalue weighted by Gasteiger charge is 2.56. The number of anilines is 2. The van der Waals surface area contributed by atoms with Crippen LogP contribution in [0.15, 0.2) is 67.6 Å². The molecule has 206 valence electrons. The van der Waals surface area contributed by atoms with Gasteiger partial charge >= 0.3 is 6.18 Å². The molecule has 0 saturated carbocycles. The van der Waals surface area contributed by atoms with E-state index in [1.54, 1.807) is 15.4 Å². The van der Waals surface area contributed by atoms with Gasteiger partial charge in [-0.2, -0.15) is 23.4 Å². The normalized spacial score (nSPS) is 15.9. The molecule has 0 spiro atoms. The molecule has 14 heteroatoms. The molecular weight excluding hydrogens is 530 g/mol. The smallest absolute Gasteiger partial charge is 0.372 e. The maximum absolute atomic E-state index is 14.0. The van der Waals surface area contributed by atoms with Gasteiger partial charge in [-0.15, -0.1) is 0 Å². The molecule has 6 rings (SSSR count). The van der Waals surface area contributed by atoms with Gasteiger partial charge in [-0.05, 0) is 23.8 Å². The molecule has 1 saturated heterocycles. The van der Waals surface area contributed by atoms with Crippen molar-refractivity contribution in [2.24, 2.45) is 7.05 Å². The van der Waals surface area contributed by atoms with E-state index < -0.39 is 28.7 Å². The monoisotopic (exact) mass is 553 g/mol. The number of alkyl halides is 3. The van der Waals surface area contributed by atoms with Crippen molar-refractivity contribution < 1.29 is 22.7 Å². The van der Waals surface area contributed by atoms with Gasteiger partial charge in [0.25, 0.3) is 0 Å². The number of fused-ring (bicyclic) bond motifs is 1. The van der Waals surface area contributed by atoms with Gasteiger partial charge in [0.15, 0.2) is 5.82 Å². The average Bonchev–Trinajstić information content (AvgIpc) is 3.59. The zero-order chi connectivity index (χ0) is 28.1. The van der Waals surface area contributed by atoms with Crippen molar-refractivity contribution in [2.45, 2.75) is 11.8 Å². The summed E-state index contributed by atoms with van der Waals surface area (Å²) in [6.45, 7) is 2.11. The van der Waals surface area contributed by atoms with E-state index in [2.05, 4.69) is 30.0 Å². The van der Waals surface area contributed by atoms with Gasteiger partial charge in [-0.1, -0.05) is 12.1 Å². The van der Waals surface area contributed by atoms with Crippen LogP contribution in [0.2, 0.25) is 0 Å². The molecule has 0 bridgehead atoms. The molecule has 0 amide bonds. The van der Waals surface area contributed by atoms with Crippen LogP contribution in [0.3, 0.4) is 0 Å². The molecule has 4 aromatic heterocycles. The van der Waals surface area contributed by atoms with Crippen LogP contribution in [0.1, 0.15) is 11.1 Å². The maximum Gasteiger partial charge on any atom is 0.425 e. The van der Waals surface area contributed by atoms with Crippen LogP contribution in [-0.4, -0.2) is 71.8 Å². The quantitative estimate of drug-likeness (QED) is 0.332. The third-order valence-electron chi connectivity index (χ3n) is 7.01. The standard InChI is InChI=1S/C26H23F4N9O/c1-36-14-18(11-34-36)17-10-22-23(33-16-35-39(22)15-17)37-6-8-38(9-7-37)24-31-12-20(13-32-24)25(40,26(28,29)30)19-2-4-21(27)5-3-19/h2-5,10-16,40H,6-9H2,1H3/t25-/m0/s1. The van der Waals surface area contributed by atoms with Crippen molar-refractivity contribution >= 4 is 17.3 Å². The average molecular weight is 554 g/mol. The van der Waals surface area contributed by atoms with E-state index in [9.17, 15) is 22.7 Å². The van der Waals surface area contributed by atoms with Crippen LogP contribution in [-0.2, 0) is 12.6 Å². The van der Waals surface area contributed by atoms with Gasteiger partial charge in [-0.25, -0.2) is 23.9 Å². The van der Waals surface area contributed by atoms with E-state index in [-0.39, 0.29) is 5.95 Å². The maximum atomic E-state index is 14.0. The Morgan fingerprint density at radius 3 is 2.10 bits per heavy atom. The minimum atomic E-state index is -5.08. The molecule has 10 nitrogen and oxygen atoms in total. The van der Waals surface area contributed by atoms with Crippen molar-refractivity contribution in [1.82, 2.24) is 34.3 Å². The highest BCUT2D eigenvalue weighted by molar-refractivity contribution is 5.77. The van der Waals surface area contributed by atoms with E-state index in [1.807, 2.05) is 30.4 Å². The Morgan fingerprint density at radius 2 is 1.48 bits per heavy atom. The second kappa shape index (κ2) is 9.55. The van der Waals surface area contributed by atoms with Gasteiger partial charge in [0.2, 0.25) is 11.5 Å². The van der Waals surface area contributed by atoms with Crippen molar-refractivity contribution in [3.63, 3.8) is 0 Å². The van der Waals surface area contributed by atoms with Crippen LogP contribution in [0.25, 0.3) is 16.6 Å². The van der Waals surface area contributed by atoms with E-state index in [4.69, 9.17) is 0 Å². The molecule has 5 heterocycles. The third kappa shape index (κ3) is 4.39. The number of hydrogen-bond acceptors (Lipinski definition) is 8. The Bertz CT molecular complexity index is 1640. The number of benzene rings is 1. The molecular formula is C26H23F4N9O. The molecule has 40 heavy (non-hydrogen) atoms. The number of nitrogens with zero attached hydrogens (tertiary/aromatic N) is 9. The molecule has 0 radical (unpaired) electrons. The van der Waals surface area contributed by atoms with Crippen molar-refractivity contribution in [3.05, 3.63) is 84.6 Å². The number of aryl methyl sites for hydroxylation is 1. The first kappa shape index (κ1) is 25.7. The summed E-state index contributed by atoms with van der Waals surface area (Å²) in [5.41, 5.74) is -1.72. The summed E-state index contributed by atoms with van der Waals surface area (Å²) in [5, 5.41) is 19.3. The predicted molar refractivity (Wildman–Crippen MR) is 137 cm³/mol. The predicted octanol–water partition coefficient (Wildman–Crippen LogP) is 3.18. The highest BCUT2D eigenvalue weighted by atomic mass is 19.4. The molecule has 1 aliphatic heterocycles. The topological polar surface area (TPSA) is 100 Å². The van der Waals surface area contributed by atoms with Gasteiger partial charge in [0.1, 0.15) is 17.7 Å². The molecule has 0 unspecified atom stereocenters. The van der Waals surface area contributed by atoms with Gasteiger partial charge in [-0.3, -0.25) is 4.68 Å². The summed E-state index contributed by atoms with van der Waals surface area (Å²) in [7, 11) is 1.85. The minimum Gasteiger partial charge on any atom is -0.372 e. The van der Waals surface area contributed by atoms with E-state index in [0.29, 0.717) is 26.2 Å².